The number of carbonyl (C=O) groups excluding carboxylic acids is 2. The fourth-order valence-electron chi connectivity index (χ4n) is 2.68. The van der Waals surface area contributed by atoms with Gasteiger partial charge in [0.2, 0.25) is 0 Å². The topological polar surface area (TPSA) is 81.0 Å². The van der Waals surface area contributed by atoms with E-state index in [1.807, 2.05) is 37.3 Å². The summed E-state index contributed by atoms with van der Waals surface area (Å²) in [5.41, 5.74) is 0.418. The number of para-hydroxylation sites is 1. The molecule has 2 aromatic heterocycles. The molecule has 0 spiro atoms. The molecule has 0 unspecified atom stereocenters. The summed E-state index contributed by atoms with van der Waals surface area (Å²) in [6.07, 6.45) is 2.70. The van der Waals surface area contributed by atoms with Crippen LogP contribution in [0.25, 0.3) is 5.65 Å². The lowest BCUT2D eigenvalue weighted by Gasteiger charge is -2.20. The Bertz CT molecular complexity index is 1070. The van der Waals surface area contributed by atoms with Gasteiger partial charge in [0.1, 0.15) is 5.56 Å². The summed E-state index contributed by atoms with van der Waals surface area (Å²) in [5, 5.41) is -0.189. The highest BCUT2D eigenvalue weighted by molar-refractivity contribution is 8.14. The summed E-state index contributed by atoms with van der Waals surface area (Å²) in [6, 6.07) is 12.7. The fourth-order valence-corrected chi connectivity index (χ4v) is 3.61. The molecule has 3 aromatic rings. The number of aromatic nitrogens is 2. The van der Waals surface area contributed by atoms with Crippen molar-refractivity contribution in [2.24, 2.45) is 0 Å². The number of hydrogen-bond acceptors (Lipinski definition) is 6. The number of ether oxygens (including phenoxy) is 1. The predicted octanol–water partition coefficient (Wildman–Crippen LogP) is 3.61. The SMILES string of the molecule is CCOC(=O)c1cnc2c(SC(=O)N(CC)c3ccccc3)cccn2c1=O. The van der Waals surface area contributed by atoms with E-state index in [0.29, 0.717) is 17.1 Å². The van der Waals surface area contributed by atoms with E-state index in [-0.39, 0.29) is 17.4 Å². The van der Waals surface area contributed by atoms with Crippen molar-refractivity contribution in [3.63, 3.8) is 0 Å². The third kappa shape index (κ3) is 3.91. The molecule has 0 aliphatic rings. The molecule has 0 aliphatic carbocycles. The van der Waals surface area contributed by atoms with E-state index in [1.54, 1.807) is 24.0 Å². The average Bonchev–Trinajstić information content (AvgIpc) is 2.70. The van der Waals surface area contributed by atoms with Crippen molar-refractivity contribution in [3.8, 4) is 0 Å². The summed E-state index contributed by atoms with van der Waals surface area (Å²) in [5.74, 6) is -0.718. The van der Waals surface area contributed by atoms with Crippen molar-refractivity contribution in [3.05, 3.63) is 70.8 Å². The molecule has 0 fully saturated rings. The molecule has 0 N–H and O–H groups in total. The number of fused-ring (bicyclic) bond motifs is 1. The summed E-state index contributed by atoms with van der Waals surface area (Å²) >= 11 is 0.982. The largest absolute Gasteiger partial charge is 0.462 e. The predicted molar refractivity (Wildman–Crippen MR) is 108 cm³/mol. The highest BCUT2D eigenvalue weighted by Gasteiger charge is 2.19. The Morgan fingerprint density at radius 3 is 2.57 bits per heavy atom. The van der Waals surface area contributed by atoms with Gasteiger partial charge < -0.3 is 9.64 Å². The van der Waals surface area contributed by atoms with Crippen LogP contribution < -0.4 is 10.5 Å². The Morgan fingerprint density at radius 2 is 1.89 bits per heavy atom. The molecule has 0 aliphatic heterocycles. The third-order valence-corrected chi connectivity index (χ3v) is 4.93. The van der Waals surface area contributed by atoms with Gasteiger partial charge in [-0.15, -0.1) is 0 Å². The maximum absolute atomic E-state index is 12.8. The summed E-state index contributed by atoms with van der Waals surface area (Å²) in [6.45, 7) is 4.22. The number of carbonyl (C=O) groups is 2. The lowest BCUT2D eigenvalue weighted by molar-refractivity contribution is 0.0523. The van der Waals surface area contributed by atoms with Gasteiger partial charge in [0, 0.05) is 24.6 Å². The van der Waals surface area contributed by atoms with E-state index in [0.717, 1.165) is 17.4 Å². The Morgan fingerprint density at radius 1 is 1.14 bits per heavy atom. The molecule has 0 radical (unpaired) electrons. The van der Waals surface area contributed by atoms with E-state index in [9.17, 15) is 14.4 Å². The van der Waals surface area contributed by atoms with E-state index in [2.05, 4.69) is 4.98 Å². The summed E-state index contributed by atoms with van der Waals surface area (Å²) in [7, 11) is 0. The second kappa shape index (κ2) is 8.71. The molecule has 28 heavy (non-hydrogen) atoms. The Balaban J connectivity index is 1.95. The van der Waals surface area contributed by atoms with Crippen molar-refractivity contribution in [1.82, 2.24) is 9.38 Å². The number of anilines is 1. The van der Waals surface area contributed by atoms with Gasteiger partial charge in [-0.05, 0) is 49.9 Å². The molecule has 7 nitrogen and oxygen atoms in total. The molecule has 144 valence electrons. The zero-order chi connectivity index (χ0) is 20.1. The monoisotopic (exact) mass is 397 g/mol. The number of amides is 1. The van der Waals surface area contributed by atoms with Crippen LogP contribution in [0.15, 0.2) is 64.5 Å². The van der Waals surface area contributed by atoms with Gasteiger partial charge in [0.15, 0.2) is 5.65 Å². The summed E-state index contributed by atoms with van der Waals surface area (Å²) < 4.78 is 6.14. The molecule has 0 bridgehead atoms. The Kier molecular flexibility index (Phi) is 6.10. The second-order valence-corrected chi connectivity index (χ2v) is 6.70. The van der Waals surface area contributed by atoms with Crippen molar-refractivity contribution >= 4 is 34.3 Å². The zero-order valence-electron chi connectivity index (χ0n) is 15.5. The van der Waals surface area contributed by atoms with Crippen LogP contribution in [0.4, 0.5) is 10.5 Å². The quantitative estimate of drug-likeness (QED) is 0.483. The molecular weight excluding hydrogens is 378 g/mol. The van der Waals surface area contributed by atoms with Gasteiger partial charge >= 0.3 is 5.97 Å². The first-order valence-corrected chi connectivity index (χ1v) is 9.60. The average molecular weight is 397 g/mol. The minimum atomic E-state index is -0.718. The maximum Gasteiger partial charge on any atom is 0.345 e. The van der Waals surface area contributed by atoms with Gasteiger partial charge in [-0.25, -0.2) is 9.78 Å². The zero-order valence-corrected chi connectivity index (χ0v) is 16.3. The molecular formula is C20H19N3O4S. The number of rotatable bonds is 5. The van der Waals surface area contributed by atoms with Gasteiger partial charge in [0.05, 0.1) is 11.5 Å². The first kappa shape index (κ1) is 19.6. The van der Waals surface area contributed by atoms with Crippen LogP contribution >= 0.6 is 11.8 Å². The van der Waals surface area contributed by atoms with Crippen molar-refractivity contribution in [1.29, 1.82) is 0 Å². The number of hydrogen-bond donors (Lipinski definition) is 0. The molecule has 1 amide bonds. The van der Waals surface area contributed by atoms with Crippen LogP contribution in [0, 0.1) is 0 Å². The van der Waals surface area contributed by atoms with Crippen LogP contribution in [0.5, 0.6) is 0 Å². The van der Waals surface area contributed by atoms with E-state index in [4.69, 9.17) is 4.74 Å². The van der Waals surface area contributed by atoms with Crippen molar-refractivity contribution in [2.75, 3.05) is 18.1 Å². The van der Waals surface area contributed by atoms with Gasteiger partial charge in [0.25, 0.3) is 10.8 Å². The number of pyridine rings is 1. The van der Waals surface area contributed by atoms with Gasteiger partial charge in [-0.1, -0.05) is 18.2 Å². The van der Waals surface area contributed by atoms with Gasteiger partial charge in [-0.2, -0.15) is 0 Å². The highest BCUT2D eigenvalue weighted by atomic mass is 32.2. The number of thioether (sulfide) groups is 1. The van der Waals surface area contributed by atoms with Gasteiger partial charge in [-0.3, -0.25) is 14.0 Å². The van der Waals surface area contributed by atoms with Crippen LogP contribution in [-0.2, 0) is 4.74 Å². The molecule has 0 saturated carbocycles. The molecule has 0 saturated heterocycles. The number of benzene rings is 1. The summed E-state index contributed by atoms with van der Waals surface area (Å²) in [4.78, 5) is 43.7. The molecule has 3 rings (SSSR count). The van der Waals surface area contributed by atoms with E-state index >= 15 is 0 Å². The Labute approximate surface area is 166 Å². The first-order valence-electron chi connectivity index (χ1n) is 8.78. The van der Waals surface area contributed by atoms with Crippen LogP contribution in [0.3, 0.4) is 0 Å². The molecule has 0 atom stereocenters. The fraction of sp³-hybridized carbons (Fsp3) is 0.200. The molecule has 8 heteroatoms. The smallest absolute Gasteiger partial charge is 0.345 e. The number of nitrogens with zero attached hydrogens (tertiary/aromatic N) is 3. The standard InChI is InChI=1S/C20H19N3O4S/c1-3-22(14-9-6-5-7-10-14)20(26)28-16-11-8-12-23-17(16)21-13-15(18(23)24)19(25)27-4-2/h5-13H,3-4H2,1-2H3. The minimum Gasteiger partial charge on any atom is -0.462 e. The number of esters is 1. The lowest BCUT2D eigenvalue weighted by Crippen LogP contribution is -2.27. The van der Waals surface area contributed by atoms with Crippen molar-refractivity contribution in [2.45, 2.75) is 18.7 Å². The third-order valence-electron chi connectivity index (χ3n) is 3.99. The minimum absolute atomic E-state index is 0.146. The lowest BCUT2D eigenvalue weighted by atomic mass is 10.3. The van der Waals surface area contributed by atoms with Crippen LogP contribution in [-0.4, -0.2) is 33.7 Å². The van der Waals surface area contributed by atoms with E-state index < -0.39 is 11.5 Å². The van der Waals surface area contributed by atoms with Crippen LogP contribution in [0.2, 0.25) is 0 Å². The second-order valence-electron chi connectivity index (χ2n) is 5.71. The van der Waals surface area contributed by atoms with Crippen molar-refractivity contribution < 1.29 is 14.3 Å². The molecule has 1 aromatic carbocycles. The van der Waals surface area contributed by atoms with Crippen LogP contribution in [0.1, 0.15) is 24.2 Å². The molecule has 2 heterocycles. The Hall–Kier alpha value is -3.13. The van der Waals surface area contributed by atoms with E-state index in [1.165, 1.54) is 16.8 Å². The maximum atomic E-state index is 12.8. The first-order chi connectivity index (χ1) is 13.6. The highest BCUT2D eigenvalue weighted by Crippen LogP contribution is 2.27. The normalized spacial score (nSPS) is 10.6.